The number of fused-ring (bicyclic) bond motifs is 1. The van der Waals surface area contributed by atoms with E-state index in [1.165, 1.54) is 0 Å². The maximum absolute atomic E-state index is 9.05. The molecule has 3 heteroatoms. The molecule has 0 spiro atoms. The van der Waals surface area contributed by atoms with Gasteiger partial charge in [0.15, 0.2) is 0 Å². The largest absolute Gasteiger partial charge is 0.497 e. The van der Waals surface area contributed by atoms with Crippen LogP contribution in [0.1, 0.15) is 0 Å². The SMILES string of the molecule is COc1ccc2cc(N(C)CO)ccc2c1. The van der Waals surface area contributed by atoms with Gasteiger partial charge >= 0.3 is 0 Å². The minimum absolute atomic E-state index is 0.0155. The van der Waals surface area contributed by atoms with Gasteiger partial charge in [0.25, 0.3) is 0 Å². The lowest BCUT2D eigenvalue weighted by atomic mass is 10.1. The molecule has 2 aromatic carbocycles. The first-order valence-electron chi connectivity index (χ1n) is 5.14. The van der Waals surface area contributed by atoms with Crippen LogP contribution in [0.4, 0.5) is 5.69 Å². The molecule has 0 atom stereocenters. The van der Waals surface area contributed by atoms with Crippen LogP contribution in [0, 0.1) is 0 Å². The Hall–Kier alpha value is -1.74. The van der Waals surface area contributed by atoms with Gasteiger partial charge in [-0.25, -0.2) is 0 Å². The Morgan fingerprint density at radius 3 is 2.50 bits per heavy atom. The van der Waals surface area contributed by atoms with Gasteiger partial charge in [-0.05, 0) is 35.0 Å². The highest BCUT2D eigenvalue weighted by atomic mass is 16.5. The first-order chi connectivity index (χ1) is 7.74. The minimum Gasteiger partial charge on any atom is -0.497 e. The third-order valence-electron chi connectivity index (χ3n) is 2.68. The molecule has 0 saturated carbocycles. The standard InChI is InChI=1S/C13H15NO2/c1-14(9-15)12-5-3-11-8-13(16-2)6-4-10(11)7-12/h3-8,15H,9H2,1-2H3. The van der Waals surface area contributed by atoms with Crippen LogP contribution >= 0.6 is 0 Å². The highest BCUT2D eigenvalue weighted by molar-refractivity contribution is 5.87. The molecule has 0 aliphatic carbocycles. The maximum atomic E-state index is 9.05. The van der Waals surface area contributed by atoms with Gasteiger partial charge in [-0.2, -0.15) is 0 Å². The number of hydrogen-bond donors (Lipinski definition) is 1. The van der Waals surface area contributed by atoms with Gasteiger partial charge in [0.2, 0.25) is 0 Å². The van der Waals surface area contributed by atoms with Crippen molar-refractivity contribution < 1.29 is 9.84 Å². The molecule has 0 bridgehead atoms. The van der Waals surface area contributed by atoms with E-state index >= 15 is 0 Å². The average Bonchev–Trinajstić information content (AvgIpc) is 2.36. The molecule has 0 aliphatic rings. The van der Waals surface area contributed by atoms with Gasteiger partial charge in [-0.15, -0.1) is 0 Å². The Bertz CT molecular complexity index is 496. The Kier molecular flexibility index (Phi) is 2.97. The predicted molar refractivity (Wildman–Crippen MR) is 66.0 cm³/mol. The molecule has 0 radical (unpaired) electrons. The predicted octanol–water partition coefficient (Wildman–Crippen LogP) is 2.23. The molecule has 0 amide bonds. The zero-order valence-electron chi connectivity index (χ0n) is 9.47. The fourth-order valence-electron chi connectivity index (χ4n) is 1.66. The number of benzene rings is 2. The minimum atomic E-state index is 0.0155. The van der Waals surface area contributed by atoms with Gasteiger partial charge in [0.05, 0.1) is 7.11 Å². The highest BCUT2D eigenvalue weighted by Crippen LogP contribution is 2.24. The number of aliphatic hydroxyl groups excluding tert-OH is 1. The molecule has 84 valence electrons. The van der Waals surface area contributed by atoms with Crippen LogP contribution in [-0.2, 0) is 0 Å². The summed E-state index contributed by atoms with van der Waals surface area (Å²) in [6.07, 6.45) is 0. The molecular formula is C13H15NO2. The van der Waals surface area contributed by atoms with E-state index in [-0.39, 0.29) is 6.73 Å². The first-order valence-corrected chi connectivity index (χ1v) is 5.14. The van der Waals surface area contributed by atoms with E-state index in [1.54, 1.807) is 12.0 Å². The van der Waals surface area contributed by atoms with Gasteiger partial charge in [0, 0.05) is 12.7 Å². The summed E-state index contributed by atoms with van der Waals surface area (Å²) in [6, 6.07) is 12.0. The second-order valence-electron chi connectivity index (χ2n) is 3.74. The molecule has 2 aromatic rings. The van der Waals surface area contributed by atoms with E-state index in [9.17, 15) is 0 Å². The Balaban J connectivity index is 2.47. The van der Waals surface area contributed by atoms with Crippen LogP contribution in [0.2, 0.25) is 0 Å². The lowest BCUT2D eigenvalue weighted by Gasteiger charge is -2.16. The molecular weight excluding hydrogens is 202 g/mol. The summed E-state index contributed by atoms with van der Waals surface area (Å²) < 4.78 is 5.17. The molecule has 3 nitrogen and oxygen atoms in total. The number of anilines is 1. The number of aliphatic hydroxyl groups is 1. The molecule has 0 saturated heterocycles. The van der Waals surface area contributed by atoms with Crippen molar-refractivity contribution in [2.45, 2.75) is 0 Å². The normalized spacial score (nSPS) is 10.4. The van der Waals surface area contributed by atoms with Crippen LogP contribution in [0.15, 0.2) is 36.4 Å². The van der Waals surface area contributed by atoms with E-state index in [4.69, 9.17) is 9.84 Å². The molecule has 0 aromatic heterocycles. The number of rotatable bonds is 3. The van der Waals surface area contributed by atoms with Gasteiger partial charge in [-0.1, -0.05) is 12.1 Å². The van der Waals surface area contributed by atoms with Crippen LogP contribution in [0.25, 0.3) is 10.8 Å². The fraction of sp³-hybridized carbons (Fsp3) is 0.231. The number of hydrogen-bond acceptors (Lipinski definition) is 3. The van der Waals surface area contributed by atoms with Gasteiger partial charge in [-0.3, -0.25) is 0 Å². The third-order valence-corrected chi connectivity index (χ3v) is 2.68. The van der Waals surface area contributed by atoms with Crippen molar-refractivity contribution in [2.24, 2.45) is 0 Å². The zero-order valence-corrected chi connectivity index (χ0v) is 9.47. The van der Waals surface area contributed by atoms with Crippen molar-refractivity contribution in [3.63, 3.8) is 0 Å². The van der Waals surface area contributed by atoms with Gasteiger partial charge in [0.1, 0.15) is 12.5 Å². The van der Waals surface area contributed by atoms with E-state index in [0.29, 0.717) is 0 Å². The van der Waals surface area contributed by atoms with E-state index in [1.807, 2.05) is 43.4 Å². The quantitative estimate of drug-likeness (QED) is 0.800. The summed E-state index contributed by atoms with van der Waals surface area (Å²) in [6.45, 7) is 0.0155. The summed E-state index contributed by atoms with van der Waals surface area (Å²) in [5.41, 5.74) is 1.00. The van der Waals surface area contributed by atoms with Crippen molar-refractivity contribution >= 4 is 16.5 Å². The second-order valence-corrected chi connectivity index (χ2v) is 3.74. The second kappa shape index (κ2) is 4.41. The smallest absolute Gasteiger partial charge is 0.119 e. The first kappa shape index (κ1) is 10.8. The summed E-state index contributed by atoms with van der Waals surface area (Å²) in [5.74, 6) is 0.857. The molecule has 0 aliphatic heterocycles. The van der Waals surface area contributed by atoms with Crippen LogP contribution < -0.4 is 9.64 Å². The van der Waals surface area contributed by atoms with Crippen molar-refractivity contribution in [2.75, 3.05) is 25.8 Å². The number of ether oxygens (including phenoxy) is 1. The van der Waals surface area contributed by atoms with Crippen molar-refractivity contribution in [1.82, 2.24) is 0 Å². The fourth-order valence-corrected chi connectivity index (χ4v) is 1.66. The van der Waals surface area contributed by atoms with Crippen LogP contribution in [-0.4, -0.2) is 26.0 Å². The lowest BCUT2D eigenvalue weighted by Crippen LogP contribution is -2.17. The Morgan fingerprint density at radius 2 is 1.81 bits per heavy atom. The lowest BCUT2D eigenvalue weighted by molar-refractivity contribution is 0.298. The zero-order chi connectivity index (χ0) is 11.5. The molecule has 16 heavy (non-hydrogen) atoms. The highest BCUT2D eigenvalue weighted by Gasteiger charge is 2.01. The van der Waals surface area contributed by atoms with Crippen molar-refractivity contribution in [3.05, 3.63) is 36.4 Å². The summed E-state index contributed by atoms with van der Waals surface area (Å²) in [7, 11) is 3.51. The molecule has 0 heterocycles. The Labute approximate surface area is 94.9 Å². The van der Waals surface area contributed by atoms with Crippen molar-refractivity contribution in [3.8, 4) is 5.75 Å². The Morgan fingerprint density at radius 1 is 1.12 bits per heavy atom. The van der Waals surface area contributed by atoms with E-state index < -0.39 is 0 Å². The summed E-state index contributed by atoms with van der Waals surface area (Å²) in [4.78, 5) is 1.78. The molecule has 2 rings (SSSR count). The molecule has 0 fully saturated rings. The number of nitrogens with zero attached hydrogens (tertiary/aromatic N) is 1. The van der Waals surface area contributed by atoms with E-state index in [0.717, 1.165) is 22.2 Å². The van der Waals surface area contributed by atoms with Crippen molar-refractivity contribution in [1.29, 1.82) is 0 Å². The monoisotopic (exact) mass is 217 g/mol. The third kappa shape index (κ3) is 1.95. The molecule has 0 unspecified atom stereocenters. The van der Waals surface area contributed by atoms with E-state index in [2.05, 4.69) is 0 Å². The number of methoxy groups -OCH3 is 1. The van der Waals surface area contributed by atoms with Gasteiger partial charge < -0.3 is 14.7 Å². The topological polar surface area (TPSA) is 32.7 Å². The average molecular weight is 217 g/mol. The maximum Gasteiger partial charge on any atom is 0.119 e. The van der Waals surface area contributed by atoms with Crippen LogP contribution in [0.3, 0.4) is 0 Å². The van der Waals surface area contributed by atoms with Crippen LogP contribution in [0.5, 0.6) is 5.75 Å². The summed E-state index contributed by atoms with van der Waals surface area (Å²) >= 11 is 0. The molecule has 1 N–H and O–H groups in total. The summed E-state index contributed by atoms with van der Waals surface area (Å²) in [5, 5.41) is 11.3.